The number of allylic oxidation sites excluding steroid dienone is 6. The second-order valence-corrected chi connectivity index (χ2v) is 8.52. The van der Waals surface area contributed by atoms with Crippen LogP contribution in [0.25, 0.3) is 0 Å². The summed E-state index contributed by atoms with van der Waals surface area (Å²) in [6.45, 7) is 16.0. The Hall–Kier alpha value is -5.24. The van der Waals surface area contributed by atoms with Crippen molar-refractivity contribution in [2.75, 3.05) is 6.61 Å². The average molecular weight is 621 g/mol. The minimum atomic E-state index is -0.207. The molecule has 45 heavy (non-hydrogen) atoms. The van der Waals surface area contributed by atoms with Gasteiger partial charge < -0.3 is 18.9 Å². The van der Waals surface area contributed by atoms with Crippen LogP contribution < -0.4 is 0 Å². The smallest absolute Gasteiger partial charge is 0.310 e. The molecule has 1 aliphatic carbocycles. The quantitative estimate of drug-likeness (QED) is 0.0519. The molecule has 8 heteroatoms. The molecule has 0 radical (unpaired) electrons. The monoisotopic (exact) mass is 620 g/mol. The van der Waals surface area contributed by atoms with Crippen molar-refractivity contribution in [2.45, 2.75) is 45.4 Å². The lowest BCUT2D eigenvalue weighted by Crippen LogP contribution is -2.01. The van der Waals surface area contributed by atoms with E-state index in [2.05, 4.69) is 59.6 Å². The highest BCUT2D eigenvalue weighted by Crippen LogP contribution is 2.19. The van der Waals surface area contributed by atoms with Crippen LogP contribution in [-0.2, 0) is 33.3 Å². The maximum absolute atomic E-state index is 11.0. The molecule has 2 aromatic rings. The summed E-state index contributed by atoms with van der Waals surface area (Å²) >= 11 is 0. The van der Waals surface area contributed by atoms with Crippen molar-refractivity contribution in [1.82, 2.24) is 0 Å². The van der Waals surface area contributed by atoms with Gasteiger partial charge in [0.15, 0.2) is 0 Å². The maximum Gasteiger partial charge on any atom is 0.310 e. The van der Waals surface area contributed by atoms with E-state index in [9.17, 15) is 18.8 Å². The molecule has 0 unspecified atom stereocenters. The van der Waals surface area contributed by atoms with Crippen molar-refractivity contribution in [3.8, 4) is 0 Å². The number of halogens is 1. The average Bonchev–Trinajstić information content (AvgIpc) is 3.06. The minimum absolute atomic E-state index is 0.139. The Kier molecular flexibility index (Phi) is 31.0. The largest absolute Gasteiger partial charge is 0.498 e. The molecule has 0 heterocycles. The predicted octanol–water partition coefficient (Wildman–Crippen LogP) is 9.26. The van der Waals surface area contributed by atoms with E-state index < -0.39 is 0 Å². The van der Waals surface area contributed by atoms with Crippen LogP contribution in [0.1, 0.15) is 45.4 Å². The summed E-state index contributed by atoms with van der Waals surface area (Å²) in [5, 5.41) is 0. The molecular weight excluding hydrogens is 575 g/mol. The number of ether oxygens (including phenoxy) is 4. The van der Waals surface area contributed by atoms with Crippen LogP contribution >= 0.6 is 0 Å². The zero-order valence-electron chi connectivity index (χ0n) is 26.1. The number of hydrogen-bond donors (Lipinski definition) is 0. The molecule has 2 aromatic carbocycles. The van der Waals surface area contributed by atoms with E-state index in [1.165, 1.54) is 24.0 Å². The number of carbonyl (C=O) groups excluding carboxylic acids is 3. The molecule has 0 atom stereocenters. The van der Waals surface area contributed by atoms with Crippen LogP contribution in [0, 0.1) is 0 Å². The molecule has 0 saturated heterocycles. The van der Waals surface area contributed by atoms with E-state index in [-0.39, 0.29) is 36.8 Å². The predicted molar refractivity (Wildman–Crippen MR) is 178 cm³/mol. The van der Waals surface area contributed by atoms with Crippen molar-refractivity contribution in [3.63, 3.8) is 0 Å². The Balaban J connectivity index is 0. The Labute approximate surface area is 267 Å². The molecule has 0 amide bonds. The SMILES string of the molecule is C=C(/C=C\C(=C)OC=O)OC=O.C=CF.C=COC(=O)CCCCCOC1=C(C)C=CCC1.c1ccccc1.c1ccccc1. The zero-order chi connectivity index (χ0) is 33.8. The molecule has 242 valence electrons. The fourth-order valence-electron chi connectivity index (χ4n) is 3.00. The normalized spacial score (nSPS) is 10.6. The number of esters is 1. The Morgan fingerprint density at radius 1 is 0.778 bits per heavy atom. The first-order valence-electron chi connectivity index (χ1n) is 14.1. The van der Waals surface area contributed by atoms with Gasteiger partial charge in [0.2, 0.25) is 0 Å². The van der Waals surface area contributed by atoms with Gasteiger partial charge in [-0.15, -0.1) is 0 Å². The highest BCUT2D eigenvalue weighted by molar-refractivity contribution is 5.69. The van der Waals surface area contributed by atoms with Crippen LogP contribution in [0.5, 0.6) is 0 Å². The highest BCUT2D eigenvalue weighted by atomic mass is 19.1. The first-order chi connectivity index (χ1) is 21.9. The van der Waals surface area contributed by atoms with Gasteiger partial charge in [-0.3, -0.25) is 14.4 Å². The minimum Gasteiger partial charge on any atom is -0.498 e. The molecule has 0 bridgehead atoms. The van der Waals surface area contributed by atoms with E-state index >= 15 is 0 Å². The topological polar surface area (TPSA) is 88.1 Å². The van der Waals surface area contributed by atoms with Crippen molar-refractivity contribution < 1.29 is 37.7 Å². The van der Waals surface area contributed by atoms with Crippen LogP contribution in [0.15, 0.2) is 159 Å². The van der Waals surface area contributed by atoms with Gasteiger partial charge in [-0.1, -0.05) is 111 Å². The van der Waals surface area contributed by atoms with E-state index in [4.69, 9.17) is 4.74 Å². The fraction of sp³-hybridized carbons (Fsp3) is 0.216. The molecule has 0 saturated carbocycles. The lowest BCUT2D eigenvalue weighted by Gasteiger charge is -2.14. The fourth-order valence-corrected chi connectivity index (χ4v) is 3.00. The van der Waals surface area contributed by atoms with E-state index in [0.29, 0.717) is 6.42 Å². The van der Waals surface area contributed by atoms with Crippen LogP contribution in [0.2, 0.25) is 0 Å². The van der Waals surface area contributed by atoms with Crippen molar-refractivity contribution in [2.24, 2.45) is 0 Å². The van der Waals surface area contributed by atoms with Gasteiger partial charge in [0.1, 0.15) is 11.5 Å². The molecule has 0 aliphatic heterocycles. The van der Waals surface area contributed by atoms with Gasteiger partial charge in [-0.05, 0) is 50.3 Å². The summed E-state index contributed by atoms with van der Waals surface area (Å²) in [5.41, 5.74) is 1.23. The maximum atomic E-state index is 11.0. The lowest BCUT2D eigenvalue weighted by atomic mass is 10.1. The first kappa shape index (κ1) is 41.9. The third kappa shape index (κ3) is 31.5. The van der Waals surface area contributed by atoms with Gasteiger partial charge in [0, 0.05) is 12.8 Å². The van der Waals surface area contributed by atoms with Gasteiger partial charge in [0.25, 0.3) is 12.9 Å². The van der Waals surface area contributed by atoms with Crippen molar-refractivity contribution in [1.29, 1.82) is 0 Å². The van der Waals surface area contributed by atoms with Crippen molar-refractivity contribution >= 4 is 18.9 Å². The molecule has 7 nitrogen and oxygen atoms in total. The Morgan fingerprint density at radius 2 is 1.22 bits per heavy atom. The number of rotatable bonds is 14. The number of unbranched alkanes of at least 4 members (excludes halogenated alkanes) is 2. The number of carbonyl (C=O) groups is 3. The summed E-state index contributed by atoms with van der Waals surface area (Å²) in [6, 6.07) is 24.0. The number of hydrogen-bond acceptors (Lipinski definition) is 7. The number of benzene rings is 2. The molecule has 0 spiro atoms. The summed E-state index contributed by atoms with van der Waals surface area (Å²) in [4.78, 5) is 30.5. The Bertz CT molecular complexity index is 1060. The van der Waals surface area contributed by atoms with Crippen LogP contribution in [-0.4, -0.2) is 25.5 Å². The summed E-state index contributed by atoms with van der Waals surface area (Å²) in [6.07, 6.45) is 13.7. The van der Waals surface area contributed by atoms with E-state index in [1.807, 2.05) is 72.8 Å². The Morgan fingerprint density at radius 3 is 1.60 bits per heavy atom. The van der Waals surface area contributed by atoms with E-state index in [0.717, 1.165) is 44.5 Å². The molecule has 0 aromatic heterocycles. The molecule has 1 aliphatic rings. The molecular formula is C37H45FO7. The third-order valence-electron chi connectivity index (χ3n) is 5.05. The van der Waals surface area contributed by atoms with Gasteiger partial charge in [-0.2, -0.15) is 0 Å². The van der Waals surface area contributed by atoms with Crippen LogP contribution in [0.4, 0.5) is 4.39 Å². The molecule has 0 fully saturated rings. The highest BCUT2D eigenvalue weighted by Gasteiger charge is 2.06. The van der Waals surface area contributed by atoms with Gasteiger partial charge in [0.05, 0.1) is 25.0 Å². The van der Waals surface area contributed by atoms with Crippen molar-refractivity contribution in [3.05, 3.63) is 159 Å². The van der Waals surface area contributed by atoms with Gasteiger partial charge in [-0.25, -0.2) is 4.39 Å². The summed E-state index contributed by atoms with van der Waals surface area (Å²) in [5.74, 6) is 1.19. The van der Waals surface area contributed by atoms with E-state index in [1.54, 1.807) is 0 Å². The molecule has 0 N–H and O–H groups in total. The standard InChI is InChI=1S/C15H22O3.C8H8O4.2C6H6.C2H3F/c1-3-17-15(16)11-5-4-8-12-18-14-10-7-6-9-13(14)2;1-7(11-5-9)3-4-8(2)12-6-10;2*1-2-4-6-5-3-1;1-2-3/h3,6,9H,1,4-5,7-8,10-12H2,2H3;3-6H,1-2H2;2*1-6H;2H,1H2/b;4-3-;;;. The molecule has 3 rings (SSSR count). The lowest BCUT2D eigenvalue weighted by molar-refractivity contribution is -0.138. The zero-order valence-corrected chi connectivity index (χ0v) is 26.1. The van der Waals surface area contributed by atoms with Crippen LogP contribution in [0.3, 0.4) is 0 Å². The van der Waals surface area contributed by atoms with Gasteiger partial charge >= 0.3 is 5.97 Å². The summed E-state index contributed by atoms with van der Waals surface area (Å²) in [7, 11) is 0. The third-order valence-corrected chi connectivity index (χ3v) is 5.05. The summed E-state index contributed by atoms with van der Waals surface area (Å²) < 4.78 is 29.1. The first-order valence-corrected chi connectivity index (χ1v) is 14.1. The second kappa shape index (κ2) is 33.3. The second-order valence-electron chi connectivity index (χ2n) is 8.52.